The minimum atomic E-state index is 0.0868. The fraction of sp³-hybridized carbons (Fsp3) is 0.263. The van der Waals surface area contributed by atoms with Gasteiger partial charge in [0, 0.05) is 17.9 Å². The molecule has 0 amide bonds. The Morgan fingerprint density at radius 1 is 1.17 bits per heavy atom. The molecule has 0 spiro atoms. The summed E-state index contributed by atoms with van der Waals surface area (Å²) in [5, 5.41) is 0.959. The van der Waals surface area contributed by atoms with E-state index in [4.69, 9.17) is 4.74 Å². The van der Waals surface area contributed by atoms with E-state index in [-0.39, 0.29) is 5.78 Å². The van der Waals surface area contributed by atoms with Crippen molar-refractivity contribution in [2.24, 2.45) is 4.99 Å². The summed E-state index contributed by atoms with van der Waals surface area (Å²) in [6, 6.07) is 17.4. The van der Waals surface area contributed by atoms with Crippen LogP contribution in [0.15, 0.2) is 59.6 Å². The van der Waals surface area contributed by atoms with Crippen LogP contribution in [0.5, 0.6) is 5.75 Å². The third-order valence-corrected chi connectivity index (χ3v) is 4.83. The molecule has 0 N–H and O–H groups in total. The number of carbonyl (C=O) groups excluding carboxylic acids is 1. The Kier molecular flexibility index (Phi) is 5.54. The van der Waals surface area contributed by atoms with E-state index in [1.54, 1.807) is 18.9 Å². The Hall–Kier alpha value is -2.27. The molecule has 0 bridgehead atoms. The van der Waals surface area contributed by atoms with Gasteiger partial charge in [-0.2, -0.15) is 0 Å². The first-order chi connectivity index (χ1) is 11.8. The molecule has 0 saturated heterocycles. The number of thioether (sulfide) groups is 1. The molecule has 0 saturated carbocycles. The number of Topliss-reactive ketones (excluding diaryl/α,β-unsaturated/α-hetero) is 1. The highest BCUT2D eigenvalue weighted by Crippen LogP contribution is 2.19. The lowest BCUT2D eigenvalue weighted by Crippen LogP contribution is -2.33. The summed E-state index contributed by atoms with van der Waals surface area (Å²) in [5.74, 6) is 1.82. The first kappa shape index (κ1) is 16.6. The summed E-state index contributed by atoms with van der Waals surface area (Å²) in [7, 11) is 1.62. The van der Waals surface area contributed by atoms with Crippen molar-refractivity contribution in [2.75, 3.05) is 26.0 Å². The number of benzene rings is 2. The minimum absolute atomic E-state index is 0.0868. The van der Waals surface area contributed by atoms with Crippen molar-refractivity contribution in [2.45, 2.75) is 6.54 Å². The number of amidine groups is 1. The number of aliphatic imine (C=N–C) groups is 1. The van der Waals surface area contributed by atoms with Gasteiger partial charge in [-0.05, 0) is 29.8 Å². The molecule has 0 unspecified atom stereocenters. The van der Waals surface area contributed by atoms with Gasteiger partial charge in [-0.25, -0.2) is 0 Å². The molecule has 2 aromatic carbocycles. The molecule has 124 valence electrons. The predicted molar refractivity (Wildman–Crippen MR) is 98.9 cm³/mol. The molecule has 3 rings (SSSR count). The molecule has 1 aliphatic heterocycles. The molecular weight excluding hydrogens is 320 g/mol. The number of carbonyl (C=O) groups is 1. The number of hydrogen-bond donors (Lipinski definition) is 0. The molecule has 24 heavy (non-hydrogen) atoms. The zero-order valence-corrected chi connectivity index (χ0v) is 14.5. The van der Waals surface area contributed by atoms with Crippen molar-refractivity contribution < 1.29 is 9.53 Å². The summed E-state index contributed by atoms with van der Waals surface area (Å²) in [6.07, 6.45) is 0. The lowest BCUT2D eigenvalue weighted by atomic mass is 10.1. The zero-order valence-electron chi connectivity index (χ0n) is 13.6. The number of hydrogen-bond acceptors (Lipinski definition) is 5. The van der Waals surface area contributed by atoms with Crippen LogP contribution >= 0.6 is 11.8 Å². The summed E-state index contributed by atoms with van der Waals surface area (Å²) >= 11 is 1.72. The average molecular weight is 340 g/mol. The van der Waals surface area contributed by atoms with Crippen LogP contribution in [0.1, 0.15) is 15.9 Å². The minimum Gasteiger partial charge on any atom is -0.497 e. The Morgan fingerprint density at radius 3 is 2.54 bits per heavy atom. The number of nitrogens with zero attached hydrogens (tertiary/aromatic N) is 2. The van der Waals surface area contributed by atoms with E-state index in [0.717, 1.165) is 23.2 Å². The van der Waals surface area contributed by atoms with E-state index >= 15 is 0 Å². The SMILES string of the molecule is COc1ccc(C(=O)CN(Cc2ccccc2)C2=NCCS2)cc1. The fourth-order valence-corrected chi connectivity index (χ4v) is 3.41. The van der Waals surface area contributed by atoms with Gasteiger partial charge in [0.2, 0.25) is 0 Å². The maximum atomic E-state index is 12.7. The third kappa shape index (κ3) is 4.17. The van der Waals surface area contributed by atoms with E-state index < -0.39 is 0 Å². The largest absolute Gasteiger partial charge is 0.497 e. The monoisotopic (exact) mass is 340 g/mol. The number of rotatable bonds is 6. The fourth-order valence-electron chi connectivity index (χ4n) is 2.55. The number of methoxy groups -OCH3 is 1. The zero-order chi connectivity index (χ0) is 16.8. The van der Waals surface area contributed by atoms with Gasteiger partial charge in [-0.1, -0.05) is 42.1 Å². The van der Waals surface area contributed by atoms with Crippen molar-refractivity contribution >= 4 is 22.7 Å². The van der Waals surface area contributed by atoms with Crippen LogP contribution in [0.2, 0.25) is 0 Å². The van der Waals surface area contributed by atoms with Gasteiger partial charge in [0.1, 0.15) is 5.75 Å². The van der Waals surface area contributed by atoms with Crippen LogP contribution in [-0.2, 0) is 6.54 Å². The average Bonchev–Trinajstić information content (AvgIpc) is 3.17. The first-order valence-electron chi connectivity index (χ1n) is 7.89. The highest BCUT2D eigenvalue weighted by Gasteiger charge is 2.20. The predicted octanol–water partition coefficient (Wildman–Crippen LogP) is 3.48. The first-order valence-corrected chi connectivity index (χ1v) is 8.88. The van der Waals surface area contributed by atoms with Gasteiger partial charge in [0.05, 0.1) is 20.2 Å². The van der Waals surface area contributed by atoms with Crippen molar-refractivity contribution in [3.05, 3.63) is 65.7 Å². The van der Waals surface area contributed by atoms with Crippen molar-refractivity contribution in [1.82, 2.24) is 4.90 Å². The van der Waals surface area contributed by atoms with Gasteiger partial charge in [0.25, 0.3) is 0 Å². The Bertz CT molecular complexity index is 714. The molecule has 1 aliphatic rings. The molecule has 0 aliphatic carbocycles. The molecule has 4 nitrogen and oxygen atoms in total. The topological polar surface area (TPSA) is 41.9 Å². The van der Waals surface area contributed by atoms with Crippen molar-refractivity contribution in [3.63, 3.8) is 0 Å². The molecule has 0 atom stereocenters. The van der Waals surface area contributed by atoms with Crippen LogP contribution in [0, 0.1) is 0 Å². The summed E-state index contributed by atoms with van der Waals surface area (Å²) in [6.45, 7) is 1.84. The van der Waals surface area contributed by atoms with Crippen LogP contribution < -0.4 is 4.74 Å². The maximum Gasteiger partial charge on any atom is 0.182 e. The number of ether oxygens (including phenoxy) is 1. The standard InChI is InChI=1S/C19H20N2O2S/c1-23-17-9-7-16(8-10-17)18(22)14-21(19-20-11-12-24-19)13-15-5-3-2-4-6-15/h2-10H,11-14H2,1H3. The maximum absolute atomic E-state index is 12.7. The molecule has 0 fully saturated rings. The summed E-state index contributed by atoms with van der Waals surface area (Å²) in [4.78, 5) is 19.3. The van der Waals surface area contributed by atoms with E-state index in [1.807, 2.05) is 42.5 Å². The molecular formula is C19H20N2O2S. The lowest BCUT2D eigenvalue weighted by molar-refractivity contribution is 0.0962. The Labute approximate surface area is 146 Å². The van der Waals surface area contributed by atoms with Crippen LogP contribution in [0.3, 0.4) is 0 Å². The Morgan fingerprint density at radius 2 is 1.92 bits per heavy atom. The van der Waals surface area contributed by atoms with Crippen molar-refractivity contribution in [1.29, 1.82) is 0 Å². The highest BCUT2D eigenvalue weighted by atomic mass is 32.2. The van der Waals surface area contributed by atoms with E-state index in [0.29, 0.717) is 18.7 Å². The summed E-state index contributed by atoms with van der Waals surface area (Å²) in [5.41, 5.74) is 1.87. The van der Waals surface area contributed by atoms with Crippen molar-refractivity contribution in [3.8, 4) is 5.75 Å². The van der Waals surface area contributed by atoms with Gasteiger partial charge in [-0.15, -0.1) is 0 Å². The van der Waals surface area contributed by atoms with E-state index in [2.05, 4.69) is 22.0 Å². The second-order valence-corrected chi connectivity index (χ2v) is 6.57. The quantitative estimate of drug-likeness (QED) is 0.755. The van der Waals surface area contributed by atoms with Crippen LogP contribution in [0.4, 0.5) is 0 Å². The molecule has 5 heteroatoms. The highest BCUT2D eigenvalue weighted by molar-refractivity contribution is 8.14. The third-order valence-electron chi connectivity index (χ3n) is 3.80. The normalized spacial score (nSPS) is 13.5. The second kappa shape index (κ2) is 8.02. The molecule has 0 aromatic heterocycles. The second-order valence-electron chi connectivity index (χ2n) is 5.51. The van der Waals surface area contributed by atoms with Gasteiger partial charge in [0.15, 0.2) is 11.0 Å². The summed E-state index contributed by atoms with van der Waals surface area (Å²) < 4.78 is 5.15. The molecule has 1 heterocycles. The molecule has 0 radical (unpaired) electrons. The van der Waals surface area contributed by atoms with E-state index in [9.17, 15) is 4.79 Å². The van der Waals surface area contributed by atoms with Gasteiger partial charge in [-0.3, -0.25) is 9.79 Å². The Balaban J connectivity index is 1.74. The van der Waals surface area contributed by atoms with Gasteiger partial charge >= 0.3 is 0 Å². The van der Waals surface area contributed by atoms with Gasteiger partial charge < -0.3 is 9.64 Å². The molecule has 2 aromatic rings. The van der Waals surface area contributed by atoms with E-state index in [1.165, 1.54) is 5.56 Å². The number of ketones is 1. The smallest absolute Gasteiger partial charge is 0.182 e. The van der Waals surface area contributed by atoms with Crippen LogP contribution in [0.25, 0.3) is 0 Å². The van der Waals surface area contributed by atoms with Crippen LogP contribution in [-0.4, -0.2) is 41.8 Å². The lowest BCUT2D eigenvalue weighted by Gasteiger charge is -2.23.